The molecule has 1 saturated heterocycles. The second kappa shape index (κ2) is 11.8. The van der Waals surface area contributed by atoms with E-state index in [1.165, 1.54) is 0 Å². The van der Waals surface area contributed by atoms with Gasteiger partial charge in [0.15, 0.2) is 11.7 Å². The molecule has 3 N–H and O–H groups in total. The van der Waals surface area contributed by atoms with Crippen molar-refractivity contribution in [1.29, 1.82) is 0 Å². The number of hydrogen-bond donors (Lipinski definition) is 3. The SMILES string of the molecule is CN1CCN(CC(=O)N(C)c2ccc(N=C(c3ccccc3)c3c(O)[nH]c4cc(C(=O)CO)ccc34)cc2)CC1. The van der Waals surface area contributed by atoms with Crippen molar-refractivity contribution in [3.8, 4) is 5.88 Å². The monoisotopic (exact) mass is 539 g/mol. The Morgan fingerprint density at radius 1 is 0.950 bits per heavy atom. The van der Waals surface area contributed by atoms with Gasteiger partial charge in [-0.25, -0.2) is 4.99 Å². The summed E-state index contributed by atoms with van der Waals surface area (Å²) in [5, 5.41) is 20.9. The van der Waals surface area contributed by atoms with Gasteiger partial charge in [-0.3, -0.25) is 14.5 Å². The summed E-state index contributed by atoms with van der Waals surface area (Å²) in [5.41, 5.74) is 4.20. The zero-order valence-corrected chi connectivity index (χ0v) is 22.7. The minimum atomic E-state index is -0.589. The fraction of sp³-hybridized carbons (Fsp3) is 0.258. The van der Waals surface area contributed by atoms with Gasteiger partial charge in [-0.1, -0.05) is 42.5 Å². The van der Waals surface area contributed by atoms with Crippen LogP contribution >= 0.6 is 0 Å². The third-order valence-electron chi connectivity index (χ3n) is 7.34. The van der Waals surface area contributed by atoms with E-state index in [0.717, 1.165) is 37.4 Å². The molecule has 0 aliphatic carbocycles. The molecule has 4 aromatic rings. The number of aromatic nitrogens is 1. The van der Waals surface area contributed by atoms with E-state index in [2.05, 4.69) is 21.8 Å². The molecule has 206 valence electrons. The molecule has 9 heteroatoms. The number of amides is 1. The van der Waals surface area contributed by atoms with Gasteiger partial charge in [-0.15, -0.1) is 0 Å². The van der Waals surface area contributed by atoms with Gasteiger partial charge in [0.05, 0.1) is 23.5 Å². The van der Waals surface area contributed by atoms with Crippen LogP contribution in [0.4, 0.5) is 11.4 Å². The molecule has 5 rings (SSSR count). The van der Waals surface area contributed by atoms with E-state index in [9.17, 15) is 19.8 Å². The van der Waals surface area contributed by atoms with E-state index in [4.69, 9.17) is 4.99 Å². The Bertz CT molecular complexity index is 1540. The fourth-order valence-electron chi connectivity index (χ4n) is 4.88. The largest absolute Gasteiger partial charge is 0.494 e. The summed E-state index contributed by atoms with van der Waals surface area (Å²) in [4.78, 5) is 38.9. The molecule has 0 saturated carbocycles. The number of aromatic hydroxyl groups is 1. The molecule has 1 fully saturated rings. The Labute approximate surface area is 233 Å². The Morgan fingerprint density at radius 2 is 1.65 bits per heavy atom. The number of aliphatic imine (C=N–C) groups is 1. The highest BCUT2D eigenvalue weighted by atomic mass is 16.3. The number of aliphatic hydroxyl groups is 1. The van der Waals surface area contributed by atoms with Crippen molar-refractivity contribution in [2.24, 2.45) is 4.99 Å². The fourth-order valence-corrected chi connectivity index (χ4v) is 4.88. The molecular weight excluding hydrogens is 506 g/mol. The number of fused-ring (bicyclic) bond motifs is 1. The summed E-state index contributed by atoms with van der Waals surface area (Å²) in [6.07, 6.45) is 0. The van der Waals surface area contributed by atoms with Crippen LogP contribution in [-0.2, 0) is 4.79 Å². The Morgan fingerprint density at radius 3 is 2.33 bits per heavy atom. The highest BCUT2D eigenvalue weighted by molar-refractivity contribution is 6.22. The zero-order valence-electron chi connectivity index (χ0n) is 22.7. The summed E-state index contributed by atoms with van der Waals surface area (Å²) in [6.45, 7) is 3.47. The quantitative estimate of drug-likeness (QED) is 0.234. The predicted molar refractivity (Wildman–Crippen MR) is 157 cm³/mol. The van der Waals surface area contributed by atoms with Crippen LogP contribution < -0.4 is 4.90 Å². The minimum absolute atomic E-state index is 0.0357. The third-order valence-corrected chi connectivity index (χ3v) is 7.34. The lowest BCUT2D eigenvalue weighted by molar-refractivity contribution is -0.119. The van der Waals surface area contributed by atoms with Crippen LogP contribution in [0.2, 0.25) is 0 Å². The van der Waals surface area contributed by atoms with E-state index in [1.54, 1.807) is 30.1 Å². The first-order valence-electron chi connectivity index (χ1n) is 13.2. The summed E-state index contributed by atoms with van der Waals surface area (Å²) in [7, 11) is 3.88. The molecule has 40 heavy (non-hydrogen) atoms. The van der Waals surface area contributed by atoms with Crippen LogP contribution in [0.5, 0.6) is 5.88 Å². The number of anilines is 1. The molecule has 0 radical (unpaired) electrons. The van der Waals surface area contributed by atoms with Gasteiger partial charge in [-0.05, 0) is 37.4 Å². The lowest BCUT2D eigenvalue weighted by atomic mass is 9.99. The molecule has 0 unspecified atom stereocenters. The van der Waals surface area contributed by atoms with Crippen molar-refractivity contribution in [1.82, 2.24) is 14.8 Å². The predicted octanol–water partition coefficient (Wildman–Crippen LogP) is 3.43. The zero-order chi connectivity index (χ0) is 28.2. The van der Waals surface area contributed by atoms with E-state index >= 15 is 0 Å². The number of nitrogens with zero attached hydrogens (tertiary/aromatic N) is 4. The lowest BCUT2D eigenvalue weighted by Crippen LogP contribution is -2.48. The van der Waals surface area contributed by atoms with Gasteiger partial charge in [0, 0.05) is 60.9 Å². The number of aliphatic hydroxyl groups excluding tert-OH is 1. The lowest BCUT2D eigenvalue weighted by Gasteiger charge is -2.32. The number of nitrogens with one attached hydrogen (secondary N) is 1. The molecule has 3 aromatic carbocycles. The van der Waals surface area contributed by atoms with Crippen molar-refractivity contribution in [2.75, 3.05) is 58.3 Å². The maximum Gasteiger partial charge on any atom is 0.240 e. The number of carbonyl (C=O) groups is 2. The number of Topliss-reactive ketones (excluding diaryl/α,β-unsaturated/α-hetero) is 1. The number of rotatable bonds is 8. The number of H-pyrrole nitrogens is 1. The molecule has 0 spiro atoms. The van der Waals surface area contributed by atoms with Crippen LogP contribution in [0.1, 0.15) is 21.5 Å². The van der Waals surface area contributed by atoms with Gasteiger partial charge >= 0.3 is 0 Å². The average molecular weight is 540 g/mol. The maximum atomic E-state index is 12.9. The van der Waals surface area contributed by atoms with Crippen molar-refractivity contribution < 1.29 is 19.8 Å². The summed E-state index contributed by atoms with van der Waals surface area (Å²) in [6, 6.07) is 22.0. The number of ketones is 1. The normalized spacial score (nSPS) is 14.9. The van der Waals surface area contributed by atoms with Crippen LogP contribution in [0.15, 0.2) is 77.8 Å². The molecule has 0 bridgehead atoms. The third kappa shape index (κ3) is 5.81. The van der Waals surface area contributed by atoms with Gasteiger partial charge in [-0.2, -0.15) is 0 Å². The van der Waals surface area contributed by atoms with Gasteiger partial charge in [0.25, 0.3) is 0 Å². The molecule has 1 aliphatic rings. The average Bonchev–Trinajstić information content (AvgIpc) is 3.31. The summed E-state index contributed by atoms with van der Waals surface area (Å²) >= 11 is 0. The number of aromatic amines is 1. The minimum Gasteiger partial charge on any atom is -0.494 e. The number of piperazine rings is 1. The number of carbonyl (C=O) groups excluding carboxylic acids is 2. The molecule has 1 aromatic heterocycles. The van der Waals surface area contributed by atoms with Crippen molar-refractivity contribution in [2.45, 2.75) is 0 Å². The second-order valence-electron chi connectivity index (χ2n) is 10.1. The Kier molecular flexibility index (Phi) is 8.06. The number of hydrogen-bond acceptors (Lipinski definition) is 7. The van der Waals surface area contributed by atoms with Crippen molar-refractivity contribution in [3.05, 3.63) is 89.5 Å². The van der Waals surface area contributed by atoms with Crippen LogP contribution in [0.25, 0.3) is 10.9 Å². The van der Waals surface area contributed by atoms with Crippen molar-refractivity contribution >= 4 is 39.7 Å². The molecular formula is C31H33N5O4. The first-order chi connectivity index (χ1) is 19.3. The van der Waals surface area contributed by atoms with Gasteiger partial charge in [0.2, 0.25) is 5.91 Å². The summed E-state index contributed by atoms with van der Waals surface area (Å²) < 4.78 is 0. The van der Waals surface area contributed by atoms with E-state index in [-0.39, 0.29) is 11.8 Å². The first kappa shape index (κ1) is 27.3. The maximum absolute atomic E-state index is 12.9. The van der Waals surface area contributed by atoms with E-state index in [0.29, 0.717) is 40.0 Å². The standard InChI is InChI=1S/C31H33N5O4/c1-34-14-16-36(17-15-34)19-28(39)35(2)24-11-9-23(10-12-24)32-30(21-6-4-3-5-7-21)29-25-13-8-22(27(38)20-37)18-26(25)33-31(29)40/h3-13,18,33,37,40H,14-17,19-20H2,1-2H3. The summed E-state index contributed by atoms with van der Waals surface area (Å²) in [5.74, 6) is -0.438. The smallest absolute Gasteiger partial charge is 0.240 e. The van der Waals surface area contributed by atoms with Gasteiger partial charge < -0.3 is 25.0 Å². The Balaban J connectivity index is 1.44. The van der Waals surface area contributed by atoms with Crippen molar-refractivity contribution in [3.63, 3.8) is 0 Å². The molecule has 0 atom stereocenters. The highest BCUT2D eigenvalue weighted by Crippen LogP contribution is 2.32. The van der Waals surface area contributed by atoms with Crippen LogP contribution in [0.3, 0.4) is 0 Å². The topological polar surface area (TPSA) is 112 Å². The number of benzene rings is 3. The number of likely N-dealkylation sites (N-methyl/N-ethyl adjacent to an activating group) is 2. The van der Waals surface area contributed by atoms with Gasteiger partial charge in [0.1, 0.15) is 6.61 Å². The van der Waals surface area contributed by atoms with Crippen LogP contribution in [0, 0.1) is 0 Å². The second-order valence-corrected chi connectivity index (χ2v) is 10.1. The highest BCUT2D eigenvalue weighted by Gasteiger charge is 2.21. The molecule has 2 heterocycles. The molecule has 1 amide bonds. The van der Waals surface area contributed by atoms with E-state index < -0.39 is 12.4 Å². The first-order valence-corrected chi connectivity index (χ1v) is 13.2. The molecule has 1 aliphatic heterocycles. The molecule has 9 nitrogen and oxygen atoms in total. The van der Waals surface area contributed by atoms with E-state index in [1.807, 2.05) is 54.6 Å². The Hall–Kier alpha value is -4.31. The van der Waals surface area contributed by atoms with Crippen LogP contribution in [-0.4, -0.2) is 95.8 Å².